The van der Waals surface area contributed by atoms with Crippen molar-refractivity contribution in [2.45, 2.75) is 51.5 Å². The monoisotopic (exact) mass is 272 g/mol. The molecule has 1 atom stereocenters. The van der Waals surface area contributed by atoms with Crippen LogP contribution in [0.15, 0.2) is 30.3 Å². The first kappa shape index (κ1) is 13.3. The molecule has 1 unspecified atom stereocenters. The standard InChI is InChI=1S/C17H21FN2/c1-17(2,3)16-11-15-13(8-6-10-20(15)19-16)12-7-4-5-9-14(12)18/h4-5,7,9,11,13H,6,8,10H2,1-3H3. The molecule has 0 amide bonds. The van der Waals surface area contributed by atoms with Crippen molar-refractivity contribution in [1.82, 2.24) is 9.78 Å². The van der Waals surface area contributed by atoms with E-state index in [2.05, 4.69) is 31.5 Å². The third kappa shape index (κ3) is 2.26. The van der Waals surface area contributed by atoms with Crippen molar-refractivity contribution in [1.29, 1.82) is 0 Å². The SMILES string of the molecule is CC(C)(C)c1cc2n(n1)CCCC2c1ccccc1F. The third-order valence-corrected chi connectivity index (χ3v) is 4.08. The van der Waals surface area contributed by atoms with E-state index < -0.39 is 0 Å². The van der Waals surface area contributed by atoms with Gasteiger partial charge in [0.05, 0.1) is 5.69 Å². The minimum absolute atomic E-state index is 0.0319. The van der Waals surface area contributed by atoms with Crippen LogP contribution in [0.5, 0.6) is 0 Å². The molecule has 0 bridgehead atoms. The van der Waals surface area contributed by atoms with Crippen LogP contribution >= 0.6 is 0 Å². The van der Waals surface area contributed by atoms with Crippen LogP contribution in [0.2, 0.25) is 0 Å². The van der Waals surface area contributed by atoms with Gasteiger partial charge in [0.2, 0.25) is 0 Å². The van der Waals surface area contributed by atoms with Crippen molar-refractivity contribution < 1.29 is 4.39 Å². The number of halogens is 1. The van der Waals surface area contributed by atoms with Crippen LogP contribution in [0.3, 0.4) is 0 Å². The van der Waals surface area contributed by atoms with Crippen LogP contribution in [0.25, 0.3) is 0 Å². The van der Waals surface area contributed by atoms with E-state index in [4.69, 9.17) is 5.10 Å². The van der Waals surface area contributed by atoms with E-state index in [9.17, 15) is 4.39 Å². The number of benzene rings is 1. The highest BCUT2D eigenvalue weighted by atomic mass is 19.1. The molecule has 2 heterocycles. The molecule has 1 aliphatic rings. The highest BCUT2D eigenvalue weighted by molar-refractivity contribution is 5.33. The molecule has 1 aromatic heterocycles. The predicted octanol–water partition coefficient (Wildman–Crippen LogP) is 4.25. The molecule has 3 rings (SSSR count). The van der Waals surface area contributed by atoms with Gasteiger partial charge in [-0.15, -0.1) is 0 Å². The summed E-state index contributed by atoms with van der Waals surface area (Å²) in [6, 6.07) is 9.28. The first-order valence-corrected chi connectivity index (χ1v) is 7.29. The summed E-state index contributed by atoms with van der Waals surface area (Å²) < 4.78 is 16.1. The molecule has 0 spiro atoms. The Morgan fingerprint density at radius 2 is 2.00 bits per heavy atom. The minimum Gasteiger partial charge on any atom is -0.269 e. The number of aromatic nitrogens is 2. The molecule has 1 aliphatic heterocycles. The normalized spacial score (nSPS) is 18.9. The summed E-state index contributed by atoms with van der Waals surface area (Å²) in [7, 11) is 0. The molecule has 3 heteroatoms. The molecule has 1 aromatic carbocycles. The number of aryl methyl sites for hydroxylation is 1. The highest BCUT2D eigenvalue weighted by Crippen LogP contribution is 2.36. The average Bonchev–Trinajstić information content (AvgIpc) is 2.83. The fourth-order valence-electron chi connectivity index (χ4n) is 2.92. The Balaban J connectivity index is 2.06. The lowest BCUT2D eigenvalue weighted by atomic mass is 9.86. The Morgan fingerprint density at radius 3 is 2.70 bits per heavy atom. The summed E-state index contributed by atoms with van der Waals surface area (Å²) in [5.41, 5.74) is 3.08. The van der Waals surface area contributed by atoms with Gasteiger partial charge in [0.1, 0.15) is 5.82 Å². The van der Waals surface area contributed by atoms with Gasteiger partial charge < -0.3 is 0 Å². The van der Waals surface area contributed by atoms with Crippen molar-refractivity contribution in [2.75, 3.05) is 0 Å². The molecule has 0 saturated heterocycles. The Morgan fingerprint density at radius 1 is 1.25 bits per heavy atom. The average molecular weight is 272 g/mol. The van der Waals surface area contributed by atoms with Crippen molar-refractivity contribution in [3.63, 3.8) is 0 Å². The molecule has 0 saturated carbocycles. The first-order chi connectivity index (χ1) is 9.47. The van der Waals surface area contributed by atoms with Crippen LogP contribution in [-0.2, 0) is 12.0 Å². The predicted molar refractivity (Wildman–Crippen MR) is 78.4 cm³/mol. The number of rotatable bonds is 1. The second-order valence-corrected chi connectivity index (χ2v) is 6.64. The maximum absolute atomic E-state index is 14.1. The van der Waals surface area contributed by atoms with E-state index in [1.54, 1.807) is 12.1 Å². The Labute approximate surface area is 119 Å². The molecular weight excluding hydrogens is 251 g/mol. The molecule has 0 radical (unpaired) electrons. The van der Waals surface area contributed by atoms with Gasteiger partial charge in [0.25, 0.3) is 0 Å². The molecule has 2 nitrogen and oxygen atoms in total. The van der Waals surface area contributed by atoms with Gasteiger partial charge in [0, 0.05) is 23.6 Å². The van der Waals surface area contributed by atoms with E-state index in [0.717, 1.165) is 36.3 Å². The summed E-state index contributed by atoms with van der Waals surface area (Å²) in [4.78, 5) is 0. The van der Waals surface area contributed by atoms with E-state index in [-0.39, 0.29) is 17.2 Å². The van der Waals surface area contributed by atoms with Crippen LogP contribution < -0.4 is 0 Å². The van der Waals surface area contributed by atoms with Crippen LogP contribution in [-0.4, -0.2) is 9.78 Å². The number of nitrogens with zero attached hydrogens (tertiary/aromatic N) is 2. The smallest absolute Gasteiger partial charge is 0.127 e. The maximum Gasteiger partial charge on any atom is 0.127 e. The Kier molecular flexibility index (Phi) is 3.15. The minimum atomic E-state index is -0.107. The third-order valence-electron chi connectivity index (χ3n) is 4.08. The molecule has 106 valence electrons. The van der Waals surface area contributed by atoms with E-state index in [1.807, 2.05) is 12.1 Å². The van der Waals surface area contributed by atoms with Crippen LogP contribution in [0.4, 0.5) is 4.39 Å². The van der Waals surface area contributed by atoms with Crippen LogP contribution in [0, 0.1) is 5.82 Å². The lowest BCUT2D eigenvalue weighted by molar-refractivity contribution is 0.436. The quantitative estimate of drug-likeness (QED) is 0.759. The van der Waals surface area contributed by atoms with Gasteiger partial charge >= 0.3 is 0 Å². The van der Waals surface area contributed by atoms with E-state index in [1.165, 1.54) is 0 Å². The van der Waals surface area contributed by atoms with Gasteiger partial charge in [0.15, 0.2) is 0 Å². The van der Waals surface area contributed by atoms with Gasteiger partial charge in [-0.25, -0.2) is 4.39 Å². The summed E-state index contributed by atoms with van der Waals surface area (Å²) in [5.74, 6) is 0.0259. The Hall–Kier alpha value is -1.64. The van der Waals surface area contributed by atoms with Gasteiger partial charge in [-0.05, 0) is 30.5 Å². The van der Waals surface area contributed by atoms with E-state index >= 15 is 0 Å². The summed E-state index contributed by atoms with van der Waals surface area (Å²) in [6.07, 6.45) is 2.05. The first-order valence-electron chi connectivity index (χ1n) is 7.29. The zero-order chi connectivity index (χ0) is 14.3. The lowest BCUT2D eigenvalue weighted by Crippen LogP contribution is -2.18. The second-order valence-electron chi connectivity index (χ2n) is 6.64. The topological polar surface area (TPSA) is 17.8 Å². The zero-order valence-electron chi connectivity index (χ0n) is 12.4. The highest BCUT2D eigenvalue weighted by Gasteiger charge is 2.28. The van der Waals surface area contributed by atoms with Crippen molar-refractivity contribution in [3.05, 3.63) is 53.1 Å². The molecule has 2 aromatic rings. The van der Waals surface area contributed by atoms with Gasteiger partial charge in [-0.2, -0.15) is 5.10 Å². The number of hydrogen-bond acceptors (Lipinski definition) is 1. The van der Waals surface area contributed by atoms with E-state index in [0.29, 0.717) is 0 Å². The summed E-state index contributed by atoms with van der Waals surface area (Å²) in [6.45, 7) is 7.44. The van der Waals surface area contributed by atoms with Gasteiger partial charge in [-0.1, -0.05) is 39.0 Å². The molecule has 20 heavy (non-hydrogen) atoms. The summed E-state index contributed by atoms with van der Waals surface area (Å²) in [5, 5.41) is 4.72. The largest absolute Gasteiger partial charge is 0.269 e. The lowest BCUT2D eigenvalue weighted by Gasteiger charge is -2.24. The fraction of sp³-hybridized carbons (Fsp3) is 0.471. The number of hydrogen-bond donors (Lipinski definition) is 0. The number of fused-ring (bicyclic) bond motifs is 1. The molecule has 0 fully saturated rings. The Bertz CT molecular complexity index is 622. The molecule has 0 N–H and O–H groups in total. The van der Waals surface area contributed by atoms with Crippen molar-refractivity contribution >= 4 is 0 Å². The molecular formula is C17H21FN2. The maximum atomic E-state index is 14.1. The van der Waals surface area contributed by atoms with Gasteiger partial charge in [-0.3, -0.25) is 4.68 Å². The molecule has 0 aliphatic carbocycles. The van der Waals surface area contributed by atoms with Crippen LogP contribution in [0.1, 0.15) is 56.5 Å². The van der Waals surface area contributed by atoms with Crippen molar-refractivity contribution in [3.8, 4) is 0 Å². The summed E-state index contributed by atoms with van der Waals surface area (Å²) >= 11 is 0. The van der Waals surface area contributed by atoms with Crippen molar-refractivity contribution in [2.24, 2.45) is 0 Å². The second kappa shape index (κ2) is 4.72. The zero-order valence-corrected chi connectivity index (χ0v) is 12.4. The fourth-order valence-corrected chi connectivity index (χ4v) is 2.92.